The summed E-state index contributed by atoms with van der Waals surface area (Å²) in [6, 6.07) is 0. The molecule has 14 heavy (non-hydrogen) atoms. The average Bonchev–Trinajstić information content (AvgIpc) is 2.29. The van der Waals surface area contributed by atoms with E-state index in [0.29, 0.717) is 5.25 Å². The maximum atomic E-state index is 10.8. The number of carbonyl (C=O) groups is 1. The summed E-state index contributed by atoms with van der Waals surface area (Å²) < 4.78 is 0. The van der Waals surface area contributed by atoms with Crippen molar-refractivity contribution in [3.63, 3.8) is 0 Å². The van der Waals surface area contributed by atoms with Gasteiger partial charge in [-0.05, 0) is 20.3 Å². The zero-order valence-electron chi connectivity index (χ0n) is 9.04. The van der Waals surface area contributed by atoms with Crippen LogP contribution in [-0.2, 0) is 4.79 Å². The van der Waals surface area contributed by atoms with Gasteiger partial charge in [0.05, 0.1) is 6.42 Å². The quantitative estimate of drug-likeness (QED) is 0.755. The predicted molar refractivity (Wildman–Crippen MR) is 59.5 cm³/mol. The van der Waals surface area contributed by atoms with Crippen molar-refractivity contribution in [2.24, 2.45) is 11.1 Å². The van der Waals surface area contributed by atoms with E-state index in [0.717, 1.165) is 12.2 Å². The zero-order chi connectivity index (χ0) is 11.0. The molecule has 0 aromatic rings. The van der Waals surface area contributed by atoms with E-state index in [1.165, 1.54) is 0 Å². The van der Waals surface area contributed by atoms with Crippen LogP contribution >= 0.6 is 11.8 Å². The lowest BCUT2D eigenvalue weighted by Crippen LogP contribution is -2.52. The van der Waals surface area contributed by atoms with Gasteiger partial charge in [-0.25, -0.2) is 0 Å². The fourth-order valence-electron chi connectivity index (χ4n) is 2.06. The summed E-state index contributed by atoms with van der Waals surface area (Å²) >= 11 is 1.83. The van der Waals surface area contributed by atoms with Crippen LogP contribution in [0.5, 0.6) is 0 Å². The molecule has 0 saturated carbocycles. The van der Waals surface area contributed by atoms with Crippen LogP contribution in [0.3, 0.4) is 0 Å². The van der Waals surface area contributed by atoms with Gasteiger partial charge in [0.25, 0.3) is 0 Å². The summed E-state index contributed by atoms with van der Waals surface area (Å²) in [6.45, 7) is 6.02. The number of thioether (sulfide) groups is 1. The van der Waals surface area contributed by atoms with Crippen molar-refractivity contribution in [1.82, 2.24) is 0 Å². The second-order valence-electron chi connectivity index (χ2n) is 4.90. The Kier molecular flexibility index (Phi) is 3.17. The largest absolute Gasteiger partial charge is 0.481 e. The molecule has 0 aliphatic carbocycles. The molecule has 1 saturated heterocycles. The lowest BCUT2D eigenvalue weighted by atomic mass is 9.68. The molecular formula is C10H19NO2S. The fourth-order valence-corrected chi connectivity index (χ4v) is 3.69. The lowest BCUT2D eigenvalue weighted by molar-refractivity contribution is -0.140. The second-order valence-corrected chi connectivity index (χ2v) is 6.33. The standard InChI is InChI=1S/C10H19NO2S/c1-7-4-10(6-14-7,5-8(12)13)9(2,3)11/h7H,4-6,11H2,1-3H3,(H,12,13). The molecule has 1 aliphatic rings. The van der Waals surface area contributed by atoms with Gasteiger partial charge in [-0.1, -0.05) is 6.92 Å². The van der Waals surface area contributed by atoms with Crippen molar-refractivity contribution in [2.75, 3.05) is 5.75 Å². The molecule has 1 rings (SSSR count). The first-order valence-corrected chi connectivity index (χ1v) is 5.94. The fraction of sp³-hybridized carbons (Fsp3) is 0.900. The minimum atomic E-state index is -0.738. The summed E-state index contributed by atoms with van der Waals surface area (Å²) in [5, 5.41) is 9.45. The molecule has 4 heteroatoms. The van der Waals surface area contributed by atoms with Gasteiger partial charge in [0.2, 0.25) is 0 Å². The Morgan fingerprint density at radius 1 is 1.71 bits per heavy atom. The first kappa shape index (κ1) is 11.9. The topological polar surface area (TPSA) is 63.3 Å². The van der Waals surface area contributed by atoms with Crippen LogP contribution in [0.1, 0.15) is 33.6 Å². The molecule has 3 nitrogen and oxygen atoms in total. The monoisotopic (exact) mass is 217 g/mol. The molecule has 3 N–H and O–H groups in total. The second kappa shape index (κ2) is 3.74. The lowest BCUT2D eigenvalue weighted by Gasteiger charge is -2.40. The van der Waals surface area contributed by atoms with E-state index in [1.54, 1.807) is 0 Å². The van der Waals surface area contributed by atoms with Crippen LogP contribution in [0.15, 0.2) is 0 Å². The summed E-state index contributed by atoms with van der Waals surface area (Å²) in [5.41, 5.74) is 5.46. The molecular weight excluding hydrogens is 198 g/mol. The van der Waals surface area contributed by atoms with Crippen molar-refractivity contribution in [1.29, 1.82) is 0 Å². The van der Waals surface area contributed by atoms with E-state index >= 15 is 0 Å². The van der Waals surface area contributed by atoms with Crippen molar-refractivity contribution in [3.05, 3.63) is 0 Å². The van der Waals surface area contributed by atoms with Gasteiger partial charge in [-0.3, -0.25) is 4.79 Å². The van der Waals surface area contributed by atoms with Gasteiger partial charge in [0, 0.05) is 22.0 Å². The molecule has 1 aliphatic heterocycles. The zero-order valence-corrected chi connectivity index (χ0v) is 9.86. The molecule has 0 radical (unpaired) electrons. The number of nitrogens with two attached hydrogens (primary N) is 1. The Morgan fingerprint density at radius 3 is 2.57 bits per heavy atom. The molecule has 1 heterocycles. The molecule has 0 aromatic carbocycles. The minimum Gasteiger partial charge on any atom is -0.481 e. The predicted octanol–water partition coefficient (Wildman–Crippen LogP) is 1.71. The van der Waals surface area contributed by atoms with E-state index in [-0.39, 0.29) is 11.8 Å². The van der Waals surface area contributed by atoms with Gasteiger partial charge in [-0.15, -0.1) is 0 Å². The molecule has 0 spiro atoms. The number of carboxylic acids is 1. The number of rotatable bonds is 3. The molecule has 0 bridgehead atoms. The van der Waals surface area contributed by atoms with Crippen molar-refractivity contribution in [3.8, 4) is 0 Å². The van der Waals surface area contributed by atoms with Crippen LogP contribution in [0.2, 0.25) is 0 Å². The summed E-state index contributed by atoms with van der Waals surface area (Å²) in [4.78, 5) is 10.8. The summed E-state index contributed by atoms with van der Waals surface area (Å²) in [6.07, 6.45) is 1.10. The van der Waals surface area contributed by atoms with Gasteiger partial charge in [-0.2, -0.15) is 11.8 Å². The molecule has 82 valence electrons. The summed E-state index contributed by atoms with van der Waals surface area (Å²) in [7, 11) is 0. The number of aliphatic carboxylic acids is 1. The highest BCUT2D eigenvalue weighted by Gasteiger charge is 2.48. The maximum absolute atomic E-state index is 10.8. The number of hydrogen-bond acceptors (Lipinski definition) is 3. The highest BCUT2D eigenvalue weighted by Crippen LogP contribution is 2.49. The van der Waals surface area contributed by atoms with Gasteiger partial charge in [0.1, 0.15) is 0 Å². The van der Waals surface area contributed by atoms with Crippen molar-refractivity contribution < 1.29 is 9.90 Å². The molecule has 1 fully saturated rings. The van der Waals surface area contributed by atoms with Crippen LogP contribution in [0.25, 0.3) is 0 Å². The highest BCUT2D eigenvalue weighted by atomic mass is 32.2. The Balaban J connectivity index is 2.86. The highest BCUT2D eigenvalue weighted by molar-refractivity contribution is 8.00. The molecule has 2 atom stereocenters. The van der Waals surface area contributed by atoms with E-state index in [9.17, 15) is 4.79 Å². The molecule has 0 aromatic heterocycles. The number of carboxylic acid groups (broad SMARTS) is 1. The van der Waals surface area contributed by atoms with E-state index < -0.39 is 11.5 Å². The SMILES string of the molecule is CC1CC(CC(=O)O)(C(C)(C)N)CS1. The van der Waals surface area contributed by atoms with E-state index in [4.69, 9.17) is 10.8 Å². The van der Waals surface area contributed by atoms with Gasteiger partial charge >= 0.3 is 5.97 Å². The molecule has 2 unspecified atom stereocenters. The van der Waals surface area contributed by atoms with Crippen molar-refractivity contribution >= 4 is 17.7 Å². The third-order valence-electron chi connectivity index (χ3n) is 3.18. The average molecular weight is 217 g/mol. The third kappa shape index (κ3) is 2.23. The molecule has 0 amide bonds. The Hall–Kier alpha value is -0.220. The Morgan fingerprint density at radius 2 is 2.29 bits per heavy atom. The minimum absolute atomic E-state index is 0.188. The Bertz CT molecular complexity index is 237. The van der Waals surface area contributed by atoms with Gasteiger partial charge in [0.15, 0.2) is 0 Å². The van der Waals surface area contributed by atoms with E-state index in [1.807, 2.05) is 25.6 Å². The number of hydrogen-bond donors (Lipinski definition) is 2. The normalized spacial score (nSPS) is 33.3. The van der Waals surface area contributed by atoms with Gasteiger partial charge < -0.3 is 10.8 Å². The van der Waals surface area contributed by atoms with Crippen LogP contribution in [0.4, 0.5) is 0 Å². The Labute approximate surface area is 89.4 Å². The van der Waals surface area contributed by atoms with Crippen LogP contribution in [-0.4, -0.2) is 27.6 Å². The van der Waals surface area contributed by atoms with Crippen LogP contribution in [0, 0.1) is 5.41 Å². The third-order valence-corrected chi connectivity index (χ3v) is 4.63. The first-order chi connectivity index (χ1) is 6.27. The van der Waals surface area contributed by atoms with Crippen LogP contribution < -0.4 is 5.73 Å². The maximum Gasteiger partial charge on any atom is 0.304 e. The smallest absolute Gasteiger partial charge is 0.304 e. The first-order valence-electron chi connectivity index (χ1n) is 4.89. The summed E-state index contributed by atoms with van der Waals surface area (Å²) in [5.74, 6) is 0.127. The van der Waals surface area contributed by atoms with Crippen molar-refractivity contribution in [2.45, 2.75) is 44.4 Å². The van der Waals surface area contributed by atoms with E-state index in [2.05, 4.69) is 6.92 Å².